The van der Waals surface area contributed by atoms with E-state index < -0.39 is 24.2 Å². The van der Waals surface area contributed by atoms with Crippen molar-refractivity contribution in [1.82, 2.24) is 0 Å². The topological polar surface area (TPSA) is 46.8 Å². The molecular formula is C40H76O4Si3. The van der Waals surface area contributed by atoms with Gasteiger partial charge in [-0.15, -0.1) is 0 Å². The summed E-state index contributed by atoms with van der Waals surface area (Å²) >= 11 is 0. The van der Waals surface area contributed by atoms with Gasteiger partial charge in [-0.05, 0) is 87.4 Å². The predicted molar refractivity (Wildman–Crippen MR) is 206 cm³/mol. The molecule has 47 heavy (non-hydrogen) atoms. The van der Waals surface area contributed by atoms with Gasteiger partial charge in [0.15, 0.2) is 0 Å². The Bertz CT molecular complexity index is 969. The summed E-state index contributed by atoms with van der Waals surface area (Å²) in [4.78, 5) is 0. The van der Waals surface area contributed by atoms with Crippen LogP contribution >= 0.6 is 0 Å². The van der Waals surface area contributed by atoms with Crippen LogP contribution < -0.4 is 0 Å². The van der Waals surface area contributed by atoms with Crippen molar-refractivity contribution in [2.75, 3.05) is 19.8 Å². The molecule has 6 aliphatic rings. The highest BCUT2D eigenvalue weighted by molar-refractivity contribution is 6.78. The molecule has 0 bridgehead atoms. The molecule has 272 valence electrons. The predicted octanol–water partition coefficient (Wildman–Crippen LogP) is 11.0. The molecule has 10 unspecified atom stereocenters. The van der Waals surface area contributed by atoms with E-state index in [1.54, 1.807) is 43.4 Å². The molecule has 0 aromatic heterocycles. The summed E-state index contributed by atoms with van der Waals surface area (Å²) in [6.45, 7) is 18.9. The number of ether oxygens (including phenoxy) is 4. The van der Waals surface area contributed by atoms with Crippen LogP contribution in [0.1, 0.15) is 96.3 Å². The fourth-order valence-corrected chi connectivity index (χ4v) is 18.0. The molecule has 3 saturated carbocycles. The average Bonchev–Trinajstić information content (AvgIpc) is 3.91. The van der Waals surface area contributed by atoms with Gasteiger partial charge in [-0.2, -0.15) is 0 Å². The second-order valence-corrected chi connectivity index (χ2v) is 36.3. The lowest BCUT2D eigenvalue weighted by Gasteiger charge is -2.40. The number of epoxide rings is 3. The van der Waals surface area contributed by atoms with Crippen molar-refractivity contribution < 1.29 is 18.9 Å². The Kier molecular flexibility index (Phi) is 13.0. The Morgan fingerprint density at radius 1 is 0.511 bits per heavy atom. The molecule has 0 amide bonds. The highest BCUT2D eigenvalue weighted by Crippen LogP contribution is 2.46. The minimum Gasteiger partial charge on any atom is -0.379 e. The van der Waals surface area contributed by atoms with Crippen molar-refractivity contribution in [3.05, 3.63) is 0 Å². The van der Waals surface area contributed by atoms with E-state index in [1.165, 1.54) is 89.1 Å². The summed E-state index contributed by atoms with van der Waals surface area (Å²) in [5.41, 5.74) is 0. The van der Waals surface area contributed by atoms with E-state index in [2.05, 4.69) is 39.3 Å². The lowest BCUT2D eigenvalue weighted by atomic mass is 9.71. The third-order valence-corrected chi connectivity index (χ3v) is 24.3. The highest BCUT2D eigenvalue weighted by Gasteiger charge is 2.45. The Morgan fingerprint density at radius 3 is 1.51 bits per heavy atom. The zero-order valence-corrected chi connectivity index (χ0v) is 34.9. The zero-order valence-electron chi connectivity index (χ0n) is 31.9. The van der Waals surface area contributed by atoms with Crippen LogP contribution in [0.2, 0.25) is 75.5 Å². The second kappa shape index (κ2) is 16.4. The van der Waals surface area contributed by atoms with Gasteiger partial charge in [-0.1, -0.05) is 114 Å². The van der Waals surface area contributed by atoms with E-state index in [0.717, 1.165) is 49.4 Å². The van der Waals surface area contributed by atoms with Crippen LogP contribution in [0.5, 0.6) is 0 Å². The summed E-state index contributed by atoms with van der Waals surface area (Å²) in [5.74, 6) is 4.93. The minimum atomic E-state index is -1.17. The molecule has 3 aliphatic heterocycles. The van der Waals surface area contributed by atoms with Crippen LogP contribution in [0.3, 0.4) is 0 Å². The smallest absolute Gasteiger partial charge is 0.104 e. The van der Waals surface area contributed by atoms with Crippen LogP contribution in [0.15, 0.2) is 0 Å². The van der Waals surface area contributed by atoms with Gasteiger partial charge in [0.25, 0.3) is 0 Å². The quantitative estimate of drug-likeness (QED) is 0.0678. The van der Waals surface area contributed by atoms with Crippen molar-refractivity contribution in [1.29, 1.82) is 0 Å². The zero-order chi connectivity index (χ0) is 33.1. The number of fused-ring (bicyclic) bond motifs is 2. The molecule has 0 N–H and O–H groups in total. The monoisotopic (exact) mass is 705 g/mol. The molecule has 3 saturated heterocycles. The van der Waals surface area contributed by atoms with Crippen molar-refractivity contribution >= 4 is 24.2 Å². The van der Waals surface area contributed by atoms with Gasteiger partial charge in [0.05, 0.1) is 37.6 Å². The van der Waals surface area contributed by atoms with Crippen molar-refractivity contribution in [2.24, 2.45) is 29.6 Å². The summed E-state index contributed by atoms with van der Waals surface area (Å²) in [5, 5.41) is 0. The molecule has 0 aromatic carbocycles. The molecular weight excluding hydrogens is 629 g/mol. The van der Waals surface area contributed by atoms with Crippen molar-refractivity contribution in [2.45, 2.75) is 202 Å². The van der Waals surface area contributed by atoms with Crippen molar-refractivity contribution in [3.8, 4) is 0 Å². The van der Waals surface area contributed by atoms with Gasteiger partial charge in [0, 0.05) is 30.8 Å². The first-order chi connectivity index (χ1) is 22.4. The van der Waals surface area contributed by atoms with E-state index in [-0.39, 0.29) is 0 Å². The summed E-state index contributed by atoms with van der Waals surface area (Å²) in [7, 11) is -3.44. The second-order valence-electron chi connectivity index (χ2n) is 20.3. The molecule has 3 aliphatic carbocycles. The largest absolute Gasteiger partial charge is 0.379 e. The molecule has 0 spiro atoms. The summed E-state index contributed by atoms with van der Waals surface area (Å²) < 4.78 is 22.9. The molecule has 6 fully saturated rings. The lowest BCUT2D eigenvalue weighted by Crippen LogP contribution is -2.33. The van der Waals surface area contributed by atoms with Gasteiger partial charge >= 0.3 is 0 Å². The first-order valence-corrected chi connectivity index (χ1v) is 31.2. The summed E-state index contributed by atoms with van der Waals surface area (Å²) in [6.07, 6.45) is 24.8. The fraction of sp³-hybridized carbons (Fsp3) is 1.00. The Balaban J connectivity index is 0.955. The van der Waals surface area contributed by atoms with E-state index in [9.17, 15) is 0 Å². The maximum absolute atomic E-state index is 5.90. The average molecular weight is 705 g/mol. The van der Waals surface area contributed by atoms with Gasteiger partial charge in [0.1, 0.15) is 6.10 Å². The van der Waals surface area contributed by atoms with E-state index in [1.807, 2.05) is 0 Å². The molecule has 3 heterocycles. The third-order valence-electron chi connectivity index (χ3n) is 14.4. The van der Waals surface area contributed by atoms with Gasteiger partial charge in [0.2, 0.25) is 0 Å². The van der Waals surface area contributed by atoms with Crippen LogP contribution in [-0.4, -0.2) is 74.6 Å². The van der Waals surface area contributed by atoms with Gasteiger partial charge in [-0.25, -0.2) is 0 Å². The van der Waals surface area contributed by atoms with Crippen LogP contribution in [0, 0.1) is 29.6 Å². The molecule has 0 radical (unpaired) electrons. The third kappa shape index (κ3) is 12.6. The number of hydrogen-bond donors (Lipinski definition) is 0. The minimum absolute atomic E-state index is 0.406. The Hall–Kier alpha value is 0.491. The van der Waals surface area contributed by atoms with Gasteiger partial charge in [-0.3, -0.25) is 0 Å². The maximum atomic E-state index is 5.90. The Morgan fingerprint density at radius 2 is 0.979 bits per heavy atom. The van der Waals surface area contributed by atoms with Crippen LogP contribution in [0.4, 0.5) is 0 Å². The highest BCUT2D eigenvalue weighted by atomic mass is 28.3. The molecule has 0 aromatic rings. The maximum Gasteiger partial charge on any atom is 0.104 e. The molecule has 4 nitrogen and oxygen atoms in total. The molecule has 10 atom stereocenters. The van der Waals surface area contributed by atoms with Crippen molar-refractivity contribution in [3.63, 3.8) is 0 Å². The standard InChI is InChI=1S/C40H76O4Si3/c1-45(2,20-7-19-41-29-36-30-42-36)24-17-34-11-8-31(14-21-46(3,4)22-15-32-9-12-37-39(27-32)43-37)26-35(34)18-25-47(5,6)23-16-33-10-13-38-40(28-33)44-38/h31-40H,7-30H2,1-6H3. The number of hydrogen-bond acceptors (Lipinski definition) is 4. The van der Waals surface area contributed by atoms with Crippen LogP contribution in [-0.2, 0) is 18.9 Å². The Labute approximate surface area is 294 Å². The first-order valence-electron chi connectivity index (χ1n) is 20.9. The summed E-state index contributed by atoms with van der Waals surface area (Å²) in [6, 6.07) is 9.23. The normalized spacial score (nSPS) is 36.9. The lowest BCUT2D eigenvalue weighted by molar-refractivity contribution is 0.117. The van der Waals surface area contributed by atoms with E-state index in [0.29, 0.717) is 30.5 Å². The number of rotatable bonds is 21. The molecule has 6 rings (SSSR count). The van der Waals surface area contributed by atoms with E-state index in [4.69, 9.17) is 18.9 Å². The van der Waals surface area contributed by atoms with E-state index >= 15 is 0 Å². The molecule has 7 heteroatoms. The SMILES string of the molecule is C[Si](C)(CCC1CCC(CC[Si](C)(C)CCCOCC2CO2)C(CC[Si](C)(C)CCC2CCC3OC3C2)C1)CCC1CCC2OC2C1. The van der Waals surface area contributed by atoms with Gasteiger partial charge < -0.3 is 18.9 Å². The first kappa shape index (κ1) is 37.3. The van der Waals surface area contributed by atoms with Crippen LogP contribution in [0.25, 0.3) is 0 Å². The fourth-order valence-electron chi connectivity index (χ4n) is 10.3.